The monoisotopic (exact) mass is 279 g/mol. The van der Waals surface area contributed by atoms with E-state index in [1.54, 1.807) is 13.1 Å². The van der Waals surface area contributed by atoms with Gasteiger partial charge in [0.25, 0.3) is 0 Å². The van der Waals surface area contributed by atoms with Crippen LogP contribution in [0.25, 0.3) is 0 Å². The quantitative estimate of drug-likeness (QED) is 0.624. The first-order valence-electron chi connectivity index (χ1n) is 6.30. The fraction of sp³-hybridized carbons (Fsp3) is 0.462. The zero-order valence-corrected chi connectivity index (χ0v) is 11.7. The van der Waals surface area contributed by atoms with Gasteiger partial charge in [-0.1, -0.05) is 12.2 Å². The molecule has 0 saturated heterocycles. The Morgan fingerprint density at radius 2 is 2.37 bits per heavy atom. The number of nitrogens with two attached hydrogens (primary N) is 1. The molecule has 0 aliphatic heterocycles. The van der Waals surface area contributed by atoms with E-state index in [0.29, 0.717) is 18.3 Å². The van der Waals surface area contributed by atoms with Crippen molar-refractivity contribution in [2.45, 2.75) is 25.8 Å². The number of hydrogen-bond acceptors (Lipinski definition) is 5. The van der Waals surface area contributed by atoms with Gasteiger partial charge in [0.15, 0.2) is 0 Å². The standard InChI is InChI=1S/C13H17N3O2S/c1-2-18-12(17)8-16(9-3-4-9)10-5-6-15-11(7-10)13(14)19/h5-7,9H,2-4,8H2,1H3,(H2,14,19). The average molecular weight is 279 g/mol. The summed E-state index contributed by atoms with van der Waals surface area (Å²) in [5.74, 6) is -0.219. The summed E-state index contributed by atoms with van der Waals surface area (Å²) in [6.07, 6.45) is 3.83. The Bertz CT molecular complexity index is 489. The van der Waals surface area contributed by atoms with Crippen molar-refractivity contribution >= 4 is 28.9 Å². The van der Waals surface area contributed by atoms with Gasteiger partial charge in [-0.25, -0.2) is 0 Å². The summed E-state index contributed by atoms with van der Waals surface area (Å²) in [6.45, 7) is 2.45. The van der Waals surface area contributed by atoms with Crippen molar-refractivity contribution in [3.63, 3.8) is 0 Å². The Labute approximate surface area is 117 Å². The molecule has 0 radical (unpaired) electrons. The second-order valence-electron chi connectivity index (χ2n) is 4.43. The lowest BCUT2D eigenvalue weighted by atomic mass is 10.2. The molecule has 2 rings (SSSR count). The van der Waals surface area contributed by atoms with Crippen molar-refractivity contribution in [2.24, 2.45) is 5.73 Å². The van der Waals surface area contributed by atoms with Gasteiger partial charge in [0.1, 0.15) is 11.5 Å². The maximum Gasteiger partial charge on any atom is 0.325 e. The van der Waals surface area contributed by atoms with Crippen LogP contribution in [0.5, 0.6) is 0 Å². The van der Waals surface area contributed by atoms with Crippen molar-refractivity contribution < 1.29 is 9.53 Å². The molecule has 19 heavy (non-hydrogen) atoms. The smallest absolute Gasteiger partial charge is 0.325 e. The number of pyridine rings is 1. The van der Waals surface area contributed by atoms with Crippen LogP contribution in [-0.4, -0.2) is 35.1 Å². The maximum atomic E-state index is 11.6. The lowest BCUT2D eigenvalue weighted by Crippen LogP contribution is -2.33. The molecular weight excluding hydrogens is 262 g/mol. The van der Waals surface area contributed by atoms with E-state index in [2.05, 4.69) is 4.98 Å². The molecule has 1 aromatic rings. The van der Waals surface area contributed by atoms with Crippen molar-refractivity contribution in [3.8, 4) is 0 Å². The Kier molecular flexibility index (Phi) is 4.31. The van der Waals surface area contributed by atoms with E-state index >= 15 is 0 Å². The molecule has 0 spiro atoms. The maximum absolute atomic E-state index is 11.6. The van der Waals surface area contributed by atoms with Crippen LogP contribution in [0.15, 0.2) is 18.3 Å². The molecule has 2 N–H and O–H groups in total. The number of esters is 1. The van der Waals surface area contributed by atoms with Crippen LogP contribution in [0.4, 0.5) is 5.69 Å². The average Bonchev–Trinajstić information content (AvgIpc) is 3.20. The highest BCUT2D eigenvalue weighted by Crippen LogP contribution is 2.31. The molecule has 0 aromatic carbocycles. The first-order valence-corrected chi connectivity index (χ1v) is 6.70. The Morgan fingerprint density at radius 3 is 2.95 bits per heavy atom. The summed E-state index contributed by atoms with van der Waals surface area (Å²) in [7, 11) is 0. The van der Waals surface area contributed by atoms with Crippen LogP contribution in [0.3, 0.4) is 0 Å². The van der Waals surface area contributed by atoms with Crippen LogP contribution >= 0.6 is 12.2 Å². The summed E-state index contributed by atoms with van der Waals surface area (Å²) >= 11 is 4.92. The van der Waals surface area contributed by atoms with Crippen molar-refractivity contribution in [2.75, 3.05) is 18.1 Å². The number of carbonyl (C=O) groups is 1. The Hall–Kier alpha value is -1.69. The molecule has 0 atom stereocenters. The number of rotatable bonds is 6. The molecule has 1 fully saturated rings. The van der Waals surface area contributed by atoms with Gasteiger partial charge in [0, 0.05) is 17.9 Å². The predicted molar refractivity (Wildman–Crippen MR) is 77.1 cm³/mol. The minimum atomic E-state index is -0.219. The van der Waals surface area contributed by atoms with E-state index in [4.69, 9.17) is 22.7 Å². The summed E-state index contributed by atoms with van der Waals surface area (Å²) in [4.78, 5) is 18.0. The molecule has 1 heterocycles. The van der Waals surface area contributed by atoms with E-state index in [1.165, 1.54) is 0 Å². The summed E-state index contributed by atoms with van der Waals surface area (Å²) in [5, 5.41) is 0. The van der Waals surface area contributed by atoms with Gasteiger partial charge < -0.3 is 15.4 Å². The number of hydrogen-bond donors (Lipinski definition) is 1. The molecule has 5 nitrogen and oxygen atoms in total. The number of thiocarbonyl (C=S) groups is 1. The molecule has 1 aliphatic carbocycles. The molecule has 1 aliphatic rings. The van der Waals surface area contributed by atoms with Gasteiger partial charge >= 0.3 is 5.97 Å². The van der Waals surface area contributed by atoms with Gasteiger partial charge in [-0.15, -0.1) is 0 Å². The van der Waals surface area contributed by atoms with Crippen LogP contribution in [0.2, 0.25) is 0 Å². The Morgan fingerprint density at radius 1 is 1.63 bits per heavy atom. The number of aromatic nitrogens is 1. The normalized spacial score (nSPS) is 13.9. The van der Waals surface area contributed by atoms with E-state index in [0.717, 1.165) is 18.5 Å². The first-order chi connectivity index (χ1) is 9.11. The highest BCUT2D eigenvalue weighted by Gasteiger charge is 2.31. The topological polar surface area (TPSA) is 68.5 Å². The second kappa shape index (κ2) is 5.97. The van der Waals surface area contributed by atoms with Gasteiger partial charge in [-0.2, -0.15) is 0 Å². The lowest BCUT2D eigenvalue weighted by Gasteiger charge is -2.23. The van der Waals surface area contributed by atoms with Crippen molar-refractivity contribution in [1.29, 1.82) is 0 Å². The largest absolute Gasteiger partial charge is 0.465 e. The molecule has 102 valence electrons. The number of anilines is 1. The molecule has 0 bridgehead atoms. The van der Waals surface area contributed by atoms with Crippen molar-refractivity contribution in [1.82, 2.24) is 4.98 Å². The van der Waals surface area contributed by atoms with Crippen LogP contribution in [-0.2, 0) is 9.53 Å². The van der Waals surface area contributed by atoms with Crippen LogP contribution < -0.4 is 10.6 Å². The summed E-state index contributed by atoms with van der Waals surface area (Å²) in [5.41, 5.74) is 7.06. The number of nitrogens with zero attached hydrogens (tertiary/aromatic N) is 2. The number of carbonyl (C=O) groups excluding carboxylic acids is 1. The molecule has 1 aromatic heterocycles. The highest BCUT2D eigenvalue weighted by atomic mass is 32.1. The third-order valence-electron chi connectivity index (χ3n) is 2.92. The molecular formula is C13H17N3O2S. The first kappa shape index (κ1) is 13.7. The Balaban J connectivity index is 2.16. The lowest BCUT2D eigenvalue weighted by molar-refractivity contribution is -0.141. The zero-order valence-electron chi connectivity index (χ0n) is 10.8. The fourth-order valence-corrected chi connectivity index (χ4v) is 2.01. The van der Waals surface area contributed by atoms with Crippen LogP contribution in [0, 0.1) is 0 Å². The predicted octanol–water partition coefficient (Wildman–Crippen LogP) is 1.25. The number of ether oxygens (including phenoxy) is 1. The van der Waals surface area contributed by atoms with Gasteiger partial charge in [-0.3, -0.25) is 9.78 Å². The van der Waals surface area contributed by atoms with Gasteiger partial charge in [0.05, 0.1) is 12.3 Å². The summed E-state index contributed by atoms with van der Waals surface area (Å²) in [6, 6.07) is 4.07. The van der Waals surface area contributed by atoms with Gasteiger partial charge in [-0.05, 0) is 31.9 Å². The molecule has 1 saturated carbocycles. The minimum Gasteiger partial charge on any atom is -0.465 e. The third-order valence-corrected chi connectivity index (χ3v) is 3.13. The van der Waals surface area contributed by atoms with E-state index in [1.807, 2.05) is 17.0 Å². The van der Waals surface area contributed by atoms with Gasteiger partial charge in [0.2, 0.25) is 0 Å². The van der Waals surface area contributed by atoms with E-state index in [-0.39, 0.29) is 17.5 Å². The molecule has 6 heteroatoms. The molecule has 0 amide bonds. The van der Waals surface area contributed by atoms with Crippen LogP contribution in [0.1, 0.15) is 25.5 Å². The van der Waals surface area contributed by atoms with E-state index in [9.17, 15) is 4.79 Å². The third kappa shape index (κ3) is 3.64. The minimum absolute atomic E-state index is 0.219. The zero-order chi connectivity index (χ0) is 13.8. The second-order valence-corrected chi connectivity index (χ2v) is 4.87. The van der Waals surface area contributed by atoms with Crippen molar-refractivity contribution in [3.05, 3.63) is 24.0 Å². The highest BCUT2D eigenvalue weighted by molar-refractivity contribution is 7.80. The fourth-order valence-electron chi connectivity index (χ4n) is 1.90. The SMILES string of the molecule is CCOC(=O)CN(c1ccnc(C(N)=S)c1)C1CC1. The van der Waals surface area contributed by atoms with E-state index < -0.39 is 0 Å². The molecule has 0 unspecified atom stereocenters. The summed E-state index contributed by atoms with van der Waals surface area (Å²) < 4.78 is 5.00.